The fourth-order valence-corrected chi connectivity index (χ4v) is 2.85. The molecule has 1 aromatic rings. The monoisotopic (exact) mass is 269 g/mol. The number of hydrogen-bond acceptors (Lipinski definition) is 5. The number of nitrogens with two attached hydrogens (primary N) is 1. The van der Waals surface area contributed by atoms with Gasteiger partial charge in [0, 0.05) is 18.5 Å². The minimum atomic E-state index is -0.126. The van der Waals surface area contributed by atoms with E-state index in [4.69, 9.17) is 10.5 Å². The predicted molar refractivity (Wildman–Crippen MR) is 70.6 cm³/mol. The second-order valence-corrected chi connectivity index (χ2v) is 5.72. The van der Waals surface area contributed by atoms with E-state index in [2.05, 4.69) is 4.98 Å². The van der Waals surface area contributed by atoms with E-state index in [1.807, 2.05) is 20.8 Å². The smallest absolute Gasteiger partial charge is 0.273 e. The lowest BCUT2D eigenvalue weighted by Gasteiger charge is -2.34. The van der Waals surface area contributed by atoms with Crippen LogP contribution in [0.2, 0.25) is 0 Å². The van der Waals surface area contributed by atoms with Crippen LogP contribution in [0.15, 0.2) is 5.38 Å². The number of morpholine rings is 1. The Bertz CT molecular complexity index is 423. The molecule has 0 bridgehead atoms. The molecule has 1 aliphatic rings. The normalized spacial score (nSPS) is 26.1. The van der Waals surface area contributed by atoms with E-state index in [9.17, 15) is 4.79 Å². The molecule has 2 rings (SSSR count). The molecule has 5 nitrogen and oxygen atoms in total. The molecule has 0 aliphatic carbocycles. The van der Waals surface area contributed by atoms with Gasteiger partial charge in [-0.1, -0.05) is 0 Å². The van der Waals surface area contributed by atoms with Crippen molar-refractivity contribution in [2.75, 3.05) is 13.1 Å². The Kier molecular flexibility index (Phi) is 3.99. The van der Waals surface area contributed by atoms with E-state index in [1.54, 1.807) is 10.3 Å². The summed E-state index contributed by atoms with van der Waals surface area (Å²) in [5.74, 6) is -0.0276. The molecule has 0 radical (unpaired) electrons. The van der Waals surface area contributed by atoms with Gasteiger partial charge < -0.3 is 15.4 Å². The molecule has 0 spiro atoms. The van der Waals surface area contributed by atoms with Crippen molar-refractivity contribution in [2.45, 2.75) is 39.0 Å². The fourth-order valence-electron chi connectivity index (χ4n) is 2.10. The van der Waals surface area contributed by atoms with E-state index in [0.29, 0.717) is 18.8 Å². The molecule has 1 aromatic heterocycles. The highest BCUT2D eigenvalue weighted by Gasteiger charge is 2.27. The number of ether oxygens (including phenoxy) is 1. The summed E-state index contributed by atoms with van der Waals surface area (Å²) in [6.07, 6.45) is 0.147. The summed E-state index contributed by atoms with van der Waals surface area (Å²) in [5.41, 5.74) is 6.25. The van der Waals surface area contributed by atoms with Crippen LogP contribution in [-0.4, -0.2) is 41.1 Å². The first-order valence-electron chi connectivity index (χ1n) is 6.13. The van der Waals surface area contributed by atoms with Crippen LogP contribution >= 0.6 is 11.3 Å². The summed E-state index contributed by atoms with van der Waals surface area (Å²) in [6, 6.07) is -0.126. The van der Waals surface area contributed by atoms with Crippen molar-refractivity contribution in [1.82, 2.24) is 9.88 Å². The van der Waals surface area contributed by atoms with Gasteiger partial charge in [0.2, 0.25) is 0 Å². The molecule has 0 aromatic carbocycles. The van der Waals surface area contributed by atoms with Gasteiger partial charge in [-0.25, -0.2) is 4.98 Å². The number of rotatable bonds is 2. The molecule has 100 valence electrons. The van der Waals surface area contributed by atoms with Crippen molar-refractivity contribution in [3.8, 4) is 0 Å². The maximum Gasteiger partial charge on any atom is 0.273 e. The molecule has 1 saturated heterocycles. The van der Waals surface area contributed by atoms with Crippen molar-refractivity contribution in [2.24, 2.45) is 5.73 Å². The van der Waals surface area contributed by atoms with Gasteiger partial charge in [0.05, 0.1) is 18.2 Å². The van der Waals surface area contributed by atoms with E-state index >= 15 is 0 Å². The van der Waals surface area contributed by atoms with Crippen molar-refractivity contribution in [1.29, 1.82) is 0 Å². The van der Waals surface area contributed by atoms with Crippen molar-refractivity contribution < 1.29 is 9.53 Å². The standard InChI is InChI=1S/C12H19N3O2S/c1-7-4-15(5-8(2)17-7)12(16)10-6-18-11(14-10)9(3)13/h6-9H,4-5,13H2,1-3H3. The van der Waals surface area contributed by atoms with E-state index < -0.39 is 0 Å². The molecular formula is C12H19N3O2S. The first-order valence-corrected chi connectivity index (χ1v) is 7.01. The molecule has 0 saturated carbocycles. The highest BCUT2D eigenvalue weighted by Crippen LogP contribution is 2.19. The van der Waals surface area contributed by atoms with Crippen LogP contribution in [0.4, 0.5) is 0 Å². The second-order valence-electron chi connectivity index (χ2n) is 4.83. The number of thiazole rings is 1. The van der Waals surface area contributed by atoms with Gasteiger partial charge in [0.25, 0.3) is 5.91 Å². The minimum absolute atomic E-state index is 0.0276. The van der Waals surface area contributed by atoms with Crippen molar-refractivity contribution in [3.05, 3.63) is 16.1 Å². The fraction of sp³-hybridized carbons (Fsp3) is 0.667. The Morgan fingerprint density at radius 3 is 2.67 bits per heavy atom. The quantitative estimate of drug-likeness (QED) is 0.881. The Hall–Kier alpha value is -0.980. The van der Waals surface area contributed by atoms with Gasteiger partial charge in [-0.05, 0) is 20.8 Å². The summed E-state index contributed by atoms with van der Waals surface area (Å²) < 4.78 is 5.61. The van der Waals surface area contributed by atoms with Crippen LogP contribution in [-0.2, 0) is 4.74 Å². The van der Waals surface area contributed by atoms with Crippen LogP contribution < -0.4 is 5.73 Å². The van der Waals surface area contributed by atoms with E-state index in [1.165, 1.54) is 11.3 Å². The molecule has 2 N–H and O–H groups in total. The lowest BCUT2D eigenvalue weighted by Crippen LogP contribution is -2.48. The van der Waals surface area contributed by atoms with Crippen LogP contribution in [0.25, 0.3) is 0 Å². The molecule has 1 aliphatic heterocycles. The van der Waals surface area contributed by atoms with Crippen molar-refractivity contribution in [3.63, 3.8) is 0 Å². The molecule has 6 heteroatoms. The predicted octanol–water partition coefficient (Wildman–Crippen LogP) is 1.41. The van der Waals surface area contributed by atoms with Crippen LogP contribution in [0.5, 0.6) is 0 Å². The first kappa shape index (κ1) is 13.5. The Balaban J connectivity index is 2.10. The molecule has 18 heavy (non-hydrogen) atoms. The summed E-state index contributed by atoms with van der Waals surface area (Å²) in [5, 5.41) is 2.58. The van der Waals surface area contributed by atoms with Crippen molar-refractivity contribution >= 4 is 17.2 Å². The van der Waals surface area contributed by atoms with Gasteiger partial charge >= 0.3 is 0 Å². The summed E-state index contributed by atoms with van der Waals surface area (Å²) >= 11 is 1.44. The number of nitrogens with zero attached hydrogens (tertiary/aromatic N) is 2. The van der Waals surface area contributed by atoms with E-state index in [0.717, 1.165) is 5.01 Å². The number of aromatic nitrogens is 1. The number of hydrogen-bond donors (Lipinski definition) is 1. The maximum absolute atomic E-state index is 12.3. The van der Waals surface area contributed by atoms with Gasteiger partial charge in [-0.3, -0.25) is 4.79 Å². The molecule has 3 unspecified atom stereocenters. The van der Waals surface area contributed by atoms with E-state index in [-0.39, 0.29) is 24.2 Å². The largest absolute Gasteiger partial charge is 0.372 e. The Morgan fingerprint density at radius 2 is 2.17 bits per heavy atom. The van der Waals surface area contributed by atoms with Crippen LogP contribution in [0.1, 0.15) is 42.3 Å². The van der Waals surface area contributed by atoms with Crippen LogP contribution in [0.3, 0.4) is 0 Å². The molecule has 3 atom stereocenters. The lowest BCUT2D eigenvalue weighted by molar-refractivity contribution is -0.0587. The number of amides is 1. The molecule has 1 fully saturated rings. The summed E-state index contributed by atoms with van der Waals surface area (Å²) in [7, 11) is 0. The molecule has 2 heterocycles. The number of carbonyl (C=O) groups excluding carboxylic acids is 1. The lowest BCUT2D eigenvalue weighted by atomic mass is 10.2. The first-order chi connectivity index (χ1) is 8.47. The van der Waals surface area contributed by atoms with Crippen LogP contribution in [0, 0.1) is 0 Å². The average Bonchev–Trinajstić information content (AvgIpc) is 2.75. The highest BCUT2D eigenvalue weighted by atomic mass is 32.1. The van der Waals surface area contributed by atoms with Gasteiger partial charge in [0.15, 0.2) is 0 Å². The highest BCUT2D eigenvalue weighted by molar-refractivity contribution is 7.09. The average molecular weight is 269 g/mol. The van der Waals surface area contributed by atoms with Gasteiger partial charge in [-0.2, -0.15) is 0 Å². The summed E-state index contributed by atoms with van der Waals surface area (Å²) in [4.78, 5) is 18.4. The SMILES string of the molecule is CC1CN(C(=O)c2csc(C(C)N)n2)CC(C)O1. The third-order valence-corrected chi connectivity index (χ3v) is 3.88. The maximum atomic E-state index is 12.3. The van der Waals surface area contributed by atoms with Gasteiger partial charge in [-0.15, -0.1) is 11.3 Å². The summed E-state index contributed by atoms with van der Waals surface area (Å²) in [6.45, 7) is 7.06. The zero-order chi connectivity index (χ0) is 13.3. The minimum Gasteiger partial charge on any atom is -0.372 e. The molecule has 1 amide bonds. The second kappa shape index (κ2) is 5.34. The zero-order valence-electron chi connectivity index (χ0n) is 10.9. The zero-order valence-corrected chi connectivity index (χ0v) is 11.7. The molecular weight excluding hydrogens is 250 g/mol. The Labute approximate surface area is 111 Å². The van der Waals surface area contributed by atoms with Gasteiger partial charge in [0.1, 0.15) is 10.7 Å². The topological polar surface area (TPSA) is 68.5 Å². The third kappa shape index (κ3) is 2.88. The Morgan fingerprint density at radius 1 is 1.56 bits per heavy atom. The number of carbonyl (C=O) groups is 1. The third-order valence-electron chi connectivity index (χ3n) is 2.84.